The summed E-state index contributed by atoms with van der Waals surface area (Å²) >= 11 is 0. The first-order chi connectivity index (χ1) is 15.3. The maximum atomic E-state index is 13.4. The van der Waals surface area contributed by atoms with E-state index in [2.05, 4.69) is 5.32 Å². The van der Waals surface area contributed by atoms with E-state index in [0.717, 1.165) is 46.3 Å². The predicted molar refractivity (Wildman–Crippen MR) is 117 cm³/mol. The summed E-state index contributed by atoms with van der Waals surface area (Å²) in [4.78, 5) is 12.4. The van der Waals surface area contributed by atoms with Gasteiger partial charge in [0.15, 0.2) is 0 Å². The van der Waals surface area contributed by atoms with E-state index in [4.69, 9.17) is 4.74 Å². The molecule has 3 rings (SSSR count). The van der Waals surface area contributed by atoms with Gasteiger partial charge in [-0.15, -0.1) is 0 Å². The van der Waals surface area contributed by atoms with Crippen molar-refractivity contribution in [3.63, 3.8) is 0 Å². The molecule has 0 fully saturated rings. The normalized spacial score (nSPS) is 11.1. The average molecular weight is 461 g/mol. The summed E-state index contributed by atoms with van der Waals surface area (Å²) in [6.45, 7) is 2.06. The zero-order chi connectivity index (χ0) is 23.1. The lowest BCUT2D eigenvalue weighted by Crippen LogP contribution is -2.40. The van der Waals surface area contributed by atoms with Gasteiger partial charge in [0.05, 0.1) is 17.2 Å². The van der Waals surface area contributed by atoms with E-state index < -0.39 is 34.1 Å². The summed E-state index contributed by atoms with van der Waals surface area (Å²) in [5.41, 5.74) is 0.906. The van der Waals surface area contributed by atoms with Crippen molar-refractivity contribution in [1.82, 2.24) is 5.32 Å². The van der Waals surface area contributed by atoms with E-state index in [9.17, 15) is 22.0 Å². The molecule has 0 unspecified atom stereocenters. The molecule has 32 heavy (non-hydrogen) atoms. The largest absolute Gasteiger partial charge is 0.494 e. The molecule has 168 valence electrons. The molecule has 0 spiro atoms. The average Bonchev–Trinajstić information content (AvgIpc) is 2.78. The van der Waals surface area contributed by atoms with Crippen LogP contribution in [0.1, 0.15) is 12.5 Å². The number of amides is 1. The fourth-order valence-corrected chi connectivity index (χ4v) is 4.33. The van der Waals surface area contributed by atoms with Gasteiger partial charge in [0.2, 0.25) is 5.91 Å². The van der Waals surface area contributed by atoms with Crippen molar-refractivity contribution in [3.8, 4) is 5.75 Å². The zero-order valence-electron chi connectivity index (χ0n) is 17.3. The topological polar surface area (TPSA) is 75.7 Å². The second-order valence-electron chi connectivity index (χ2n) is 6.80. The molecule has 3 aromatic rings. The van der Waals surface area contributed by atoms with Gasteiger partial charge in [0.25, 0.3) is 10.0 Å². The van der Waals surface area contributed by atoms with Crippen molar-refractivity contribution in [2.24, 2.45) is 0 Å². The van der Waals surface area contributed by atoms with E-state index in [1.165, 1.54) is 12.1 Å². The number of benzene rings is 3. The Labute approximate surface area is 185 Å². The molecule has 0 radical (unpaired) electrons. The van der Waals surface area contributed by atoms with Crippen molar-refractivity contribution in [3.05, 3.63) is 90.0 Å². The number of sulfonamides is 1. The molecule has 0 aliphatic rings. The lowest BCUT2D eigenvalue weighted by atomic mass is 10.2. The van der Waals surface area contributed by atoms with Crippen LogP contribution in [0.5, 0.6) is 5.75 Å². The summed E-state index contributed by atoms with van der Waals surface area (Å²) in [6.07, 6.45) is 0. The van der Waals surface area contributed by atoms with Crippen LogP contribution in [0.25, 0.3) is 0 Å². The molecule has 1 amide bonds. The first-order valence-electron chi connectivity index (χ1n) is 9.82. The Kier molecular flexibility index (Phi) is 7.42. The molecule has 3 aromatic carbocycles. The van der Waals surface area contributed by atoms with Gasteiger partial charge in [-0.3, -0.25) is 9.10 Å². The minimum atomic E-state index is -4.21. The monoisotopic (exact) mass is 460 g/mol. The number of carbonyl (C=O) groups is 1. The smallest absolute Gasteiger partial charge is 0.264 e. The van der Waals surface area contributed by atoms with E-state index >= 15 is 0 Å². The van der Waals surface area contributed by atoms with Crippen molar-refractivity contribution in [1.29, 1.82) is 0 Å². The van der Waals surface area contributed by atoms with E-state index in [0.29, 0.717) is 12.4 Å². The number of ether oxygens (including phenoxy) is 1. The number of halogens is 2. The van der Waals surface area contributed by atoms with Crippen molar-refractivity contribution < 1.29 is 26.7 Å². The quantitative estimate of drug-likeness (QED) is 0.526. The molecule has 0 aliphatic heterocycles. The summed E-state index contributed by atoms with van der Waals surface area (Å²) in [5.74, 6) is -0.998. The predicted octanol–water partition coefficient (Wildman–Crippen LogP) is 3.88. The van der Waals surface area contributed by atoms with Crippen molar-refractivity contribution in [2.75, 3.05) is 17.5 Å². The van der Waals surface area contributed by atoms with Crippen LogP contribution in [-0.2, 0) is 21.4 Å². The highest BCUT2D eigenvalue weighted by Gasteiger charge is 2.27. The van der Waals surface area contributed by atoms with Crippen molar-refractivity contribution in [2.45, 2.75) is 18.4 Å². The van der Waals surface area contributed by atoms with Crippen LogP contribution in [0.4, 0.5) is 14.5 Å². The van der Waals surface area contributed by atoms with Gasteiger partial charge in [-0.25, -0.2) is 17.2 Å². The van der Waals surface area contributed by atoms with Crippen LogP contribution < -0.4 is 14.4 Å². The highest BCUT2D eigenvalue weighted by Crippen LogP contribution is 2.24. The van der Waals surface area contributed by atoms with Crippen LogP contribution in [0.2, 0.25) is 0 Å². The molecule has 0 saturated heterocycles. The van der Waals surface area contributed by atoms with Crippen LogP contribution in [-0.4, -0.2) is 27.5 Å². The van der Waals surface area contributed by atoms with Crippen LogP contribution in [0, 0.1) is 11.6 Å². The molecule has 0 aliphatic carbocycles. The first-order valence-corrected chi connectivity index (χ1v) is 11.3. The number of nitrogens with zero attached hydrogens (tertiary/aromatic N) is 1. The standard InChI is InChI=1S/C23H22F2N2O4S/c1-2-31-21-11-3-17(4-12-21)15-26-23(28)16-27(20-9-5-18(24)6-10-20)32(29,30)22-13-7-19(25)8-14-22/h3-14H,2,15-16H2,1H3,(H,26,28). The summed E-state index contributed by atoms with van der Waals surface area (Å²) in [5, 5.41) is 2.67. The minimum absolute atomic E-state index is 0.104. The summed E-state index contributed by atoms with van der Waals surface area (Å²) in [7, 11) is -4.21. The van der Waals surface area contributed by atoms with Crippen LogP contribution in [0.3, 0.4) is 0 Å². The van der Waals surface area contributed by atoms with Gasteiger partial charge in [-0.05, 0) is 73.2 Å². The molecule has 6 nitrogen and oxygen atoms in total. The molecule has 0 heterocycles. The summed E-state index contributed by atoms with van der Waals surface area (Å²) in [6, 6.07) is 16.1. The molecular formula is C23H22F2N2O4S. The number of anilines is 1. The van der Waals surface area contributed by atoms with Crippen molar-refractivity contribution >= 4 is 21.6 Å². The van der Waals surface area contributed by atoms with E-state index in [-0.39, 0.29) is 17.1 Å². The Morgan fingerprint density at radius 1 is 0.906 bits per heavy atom. The van der Waals surface area contributed by atoms with E-state index in [1.807, 2.05) is 6.92 Å². The Morgan fingerprint density at radius 2 is 1.47 bits per heavy atom. The second-order valence-corrected chi connectivity index (χ2v) is 8.66. The van der Waals surface area contributed by atoms with Gasteiger partial charge >= 0.3 is 0 Å². The molecule has 9 heteroatoms. The number of carbonyl (C=O) groups excluding carboxylic acids is 1. The highest BCUT2D eigenvalue weighted by molar-refractivity contribution is 7.92. The maximum Gasteiger partial charge on any atom is 0.264 e. The Hall–Kier alpha value is -3.46. The molecule has 1 N–H and O–H groups in total. The Balaban J connectivity index is 1.78. The number of rotatable bonds is 9. The van der Waals surface area contributed by atoms with Gasteiger partial charge < -0.3 is 10.1 Å². The third kappa shape index (κ3) is 5.82. The lowest BCUT2D eigenvalue weighted by Gasteiger charge is -2.24. The Bertz CT molecular complexity index is 1150. The minimum Gasteiger partial charge on any atom is -0.494 e. The Morgan fingerprint density at radius 3 is 2.03 bits per heavy atom. The highest BCUT2D eigenvalue weighted by atomic mass is 32.2. The van der Waals surface area contributed by atoms with Gasteiger partial charge in [0, 0.05) is 6.54 Å². The first kappa shape index (κ1) is 23.2. The maximum absolute atomic E-state index is 13.4. The molecule has 0 aromatic heterocycles. The number of hydrogen-bond donors (Lipinski definition) is 1. The lowest BCUT2D eigenvalue weighted by molar-refractivity contribution is -0.119. The number of nitrogens with one attached hydrogen (secondary N) is 1. The third-order valence-electron chi connectivity index (χ3n) is 4.53. The zero-order valence-corrected chi connectivity index (χ0v) is 18.1. The van der Waals surface area contributed by atoms with Crippen LogP contribution >= 0.6 is 0 Å². The second kappa shape index (κ2) is 10.2. The molecule has 0 atom stereocenters. The molecular weight excluding hydrogens is 438 g/mol. The van der Waals surface area contributed by atoms with Gasteiger partial charge in [-0.2, -0.15) is 0 Å². The molecule has 0 saturated carbocycles. The fourth-order valence-electron chi connectivity index (χ4n) is 2.91. The van der Waals surface area contributed by atoms with Gasteiger partial charge in [-0.1, -0.05) is 12.1 Å². The van der Waals surface area contributed by atoms with Gasteiger partial charge in [0.1, 0.15) is 23.9 Å². The fraction of sp³-hybridized carbons (Fsp3) is 0.174. The molecule has 0 bridgehead atoms. The SMILES string of the molecule is CCOc1ccc(CNC(=O)CN(c2ccc(F)cc2)S(=O)(=O)c2ccc(F)cc2)cc1. The van der Waals surface area contributed by atoms with Crippen LogP contribution in [0.15, 0.2) is 77.7 Å². The summed E-state index contributed by atoms with van der Waals surface area (Å²) < 4.78 is 59.2. The third-order valence-corrected chi connectivity index (χ3v) is 6.32. The number of hydrogen-bond acceptors (Lipinski definition) is 4. The van der Waals surface area contributed by atoms with E-state index in [1.54, 1.807) is 24.3 Å².